The molecule has 92 valence electrons. The summed E-state index contributed by atoms with van der Waals surface area (Å²) in [7, 11) is -1.17. The summed E-state index contributed by atoms with van der Waals surface area (Å²) in [5.74, 6) is 0. The lowest BCUT2D eigenvalue weighted by molar-refractivity contribution is 0.342. The van der Waals surface area contributed by atoms with E-state index in [4.69, 9.17) is 9.05 Å². The third-order valence-corrected chi connectivity index (χ3v) is 9.03. The molecule has 1 aliphatic carbocycles. The van der Waals surface area contributed by atoms with E-state index in [0.29, 0.717) is 0 Å². The van der Waals surface area contributed by atoms with E-state index in [1.807, 2.05) is 0 Å². The van der Waals surface area contributed by atoms with E-state index in [1.54, 1.807) is 0 Å². The molecule has 0 N–H and O–H groups in total. The molecule has 2 aliphatic heterocycles. The molecule has 0 fully saturated rings. The molecule has 0 aromatic heterocycles. The van der Waals surface area contributed by atoms with Crippen molar-refractivity contribution in [2.45, 2.75) is 19.4 Å². The second-order valence-electron chi connectivity index (χ2n) is 4.73. The van der Waals surface area contributed by atoms with Crippen LogP contribution in [0.3, 0.4) is 0 Å². The molecule has 0 saturated carbocycles. The maximum absolute atomic E-state index is 6.11. The second-order valence-corrected chi connectivity index (χ2v) is 9.55. The fraction of sp³-hybridized carbons (Fsp3) is 0.286. The highest BCUT2D eigenvalue weighted by Crippen LogP contribution is 2.76. The first kappa shape index (κ1) is 11.3. The van der Waals surface area contributed by atoms with Gasteiger partial charge in [-0.15, -0.1) is 0 Å². The van der Waals surface area contributed by atoms with Gasteiger partial charge in [0.2, 0.25) is 0 Å². The summed E-state index contributed by atoms with van der Waals surface area (Å²) in [6.07, 6.45) is 7.04. The standard InChI is InChI=1S/C14H14O2P2/c1-3-11-7-13(5-1)17(15-9-11)18-14-6-2-4-12(8-14)10-16-18/h1,3,5-8H,2,4,9-10H2. The van der Waals surface area contributed by atoms with Gasteiger partial charge in [-0.1, -0.05) is 30.4 Å². The highest BCUT2D eigenvalue weighted by atomic mass is 32.1. The van der Waals surface area contributed by atoms with Crippen LogP contribution in [0.25, 0.3) is 0 Å². The van der Waals surface area contributed by atoms with Crippen LogP contribution < -0.4 is 5.30 Å². The quantitative estimate of drug-likeness (QED) is 0.716. The zero-order valence-corrected chi connectivity index (χ0v) is 11.8. The average Bonchev–Trinajstić information content (AvgIpc) is 2.41. The monoisotopic (exact) mass is 276 g/mol. The van der Waals surface area contributed by atoms with Crippen LogP contribution in [0.5, 0.6) is 0 Å². The average molecular weight is 276 g/mol. The van der Waals surface area contributed by atoms with Crippen molar-refractivity contribution in [3.63, 3.8) is 0 Å². The maximum Gasteiger partial charge on any atom is 0.118 e. The smallest absolute Gasteiger partial charge is 0.118 e. The minimum Gasteiger partial charge on any atom is -0.343 e. The Kier molecular flexibility index (Phi) is 2.86. The van der Waals surface area contributed by atoms with Gasteiger partial charge >= 0.3 is 0 Å². The third kappa shape index (κ3) is 1.89. The molecule has 0 spiro atoms. The first-order valence-corrected chi connectivity index (χ1v) is 9.47. The van der Waals surface area contributed by atoms with Crippen LogP contribution in [0.4, 0.5) is 0 Å². The molecule has 1 aromatic rings. The molecule has 2 heterocycles. The Morgan fingerprint density at radius 1 is 1.06 bits per heavy atom. The van der Waals surface area contributed by atoms with Crippen molar-refractivity contribution >= 4 is 21.0 Å². The van der Waals surface area contributed by atoms with Crippen molar-refractivity contribution in [3.8, 4) is 0 Å². The van der Waals surface area contributed by atoms with Crippen molar-refractivity contribution < 1.29 is 9.05 Å². The summed E-state index contributed by atoms with van der Waals surface area (Å²) < 4.78 is 12.2. The number of hydrogen-bond acceptors (Lipinski definition) is 2. The molecule has 18 heavy (non-hydrogen) atoms. The maximum atomic E-state index is 6.11. The van der Waals surface area contributed by atoms with Crippen molar-refractivity contribution in [1.29, 1.82) is 0 Å². The number of allylic oxidation sites excluding steroid dienone is 3. The SMILES string of the molecule is C1=C2CCC=C1P(P1OCc3cccc1c3)OC2. The van der Waals surface area contributed by atoms with Gasteiger partial charge in [-0.3, -0.25) is 0 Å². The lowest BCUT2D eigenvalue weighted by atomic mass is 10.1. The van der Waals surface area contributed by atoms with Gasteiger partial charge in [0.05, 0.1) is 13.2 Å². The van der Waals surface area contributed by atoms with Crippen LogP contribution in [0.2, 0.25) is 0 Å². The molecule has 1 aromatic carbocycles. The van der Waals surface area contributed by atoms with Crippen LogP contribution in [0.15, 0.2) is 47.3 Å². The van der Waals surface area contributed by atoms with Crippen LogP contribution in [0.1, 0.15) is 18.4 Å². The molecule has 2 unspecified atom stereocenters. The van der Waals surface area contributed by atoms with E-state index in [9.17, 15) is 0 Å². The molecule has 4 rings (SSSR count). The summed E-state index contributed by atoms with van der Waals surface area (Å²) in [4.78, 5) is 0. The number of fused-ring (bicyclic) bond motifs is 3. The second kappa shape index (κ2) is 4.54. The highest BCUT2D eigenvalue weighted by molar-refractivity contribution is 8.30. The highest BCUT2D eigenvalue weighted by Gasteiger charge is 2.34. The van der Waals surface area contributed by atoms with E-state index < -0.39 is 15.7 Å². The van der Waals surface area contributed by atoms with Crippen molar-refractivity contribution in [2.75, 3.05) is 6.61 Å². The van der Waals surface area contributed by atoms with Gasteiger partial charge in [-0.25, -0.2) is 0 Å². The minimum atomic E-state index is -0.596. The van der Waals surface area contributed by atoms with E-state index in [1.165, 1.54) is 34.6 Å². The van der Waals surface area contributed by atoms with Gasteiger partial charge in [0, 0.05) is 10.6 Å². The van der Waals surface area contributed by atoms with Crippen LogP contribution in [0, 0.1) is 0 Å². The molecule has 2 nitrogen and oxygen atoms in total. The summed E-state index contributed by atoms with van der Waals surface area (Å²) in [5, 5.41) is 2.74. The predicted molar refractivity (Wildman–Crippen MR) is 76.1 cm³/mol. The Bertz CT molecular complexity index is 550. The Morgan fingerprint density at radius 3 is 3.00 bits per heavy atom. The lowest BCUT2D eigenvalue weighted by Crippen LogP contribution is -2.13. The van der Waals surface area contributed by atoms with Crippen molar-refractivity contribution in [2.24, 2.45) is 0 Å². The van der Waals surface area contributed by atoms with Gasteiger partial charge in [0.25, 0.3) is 0 Å². The molecule has 4 heteroatoms. The number of hydrogen-bond donors (Lipinski definition) is 0. The normalized spacial score (nSPS) is 29.6. The summed E-state index contributed by atoms with van der Waals surface area (Å²) >= 11 is 0. The van der Waals surface area contributed by atoms with E-state index >= 15 is 0 Å². The number of benzene rings is 1. The van der Waals surface area contributed by atoms with Gasteiger partial charge < -0.3 is 9.05 Å². The fourth-order valence-corrected chi connectivity index (χ4v) is 8.08. The zero-order chi connectivity index (χ0) is 11.9. The Morgan fingerprint density at radius 2 is 2.00 bits per heavy atom. The van der Waals surface area contributed by atoms with Gasteiger partial charge in [0.15, 0.2) is 0 Å². The molecule has 4 bridgehead atoms. The van der Waals surface area contributed by atoms with E-state index in [0.717, 1.165) is 13.2 Å². The Labute approximate surface area is 109 Å². The minimum absolute atomic E-state index is 0.579. The largest absolute Gasteiger partial charge is 0.343 e. The molecule has 2 atom stereocenters. The summed E-state index contributed by atoms with van der Waals surface area (Å²) in [6, 6.07) is 8.73. The van der Waals surface area contributed by atoms with Crippen molar-refractivity contribution in [1.82, 2.24) is 0 Å². The number of rotatable bonds is 1. The molecule has 0 radical (unpaired) electrons. The van der Waals surface area contributed by atoms with Crippen LogP contribution >= 0.6 is 15.7 Å². The van der Waals surface area contributed by atoms with Gasteiger partial charge in [-0.05, 0) is 30.0 Å². The van der Waals surface area contributed by atoms with Crippen molar-refractivity contribution in [3.05, 3.63) is 52.9 Å². The fourth-order valence-electron chi connectivity index (χ4n) is 2.50. The van der Waals surface area contributed by atoms with Crippen LogP contribution in [-0.2, 0) is 15.7 Å². The van der Waals surface area contributed by atoms with Gasteiger partial charge in [0.1, 0.15) is 15.7 Å². The molecular formula is C14H14O2P2. The summed E-state index contributed by atoms with van der Waals surface area (Å²) in [5.41, 5.74) is 2.74. The summed E-state index contributed by atoms with van der Waals surface area (Å²) in [6.45, 7) is 1.55. The van der Waals surface area contributed by atoms with Crippen LogP contribution in [-0.4, -0.2) is 6.61 Å². The van der Waals surface area contributed by atoms with E-state index in [-0.39, 0.29) is 0 Å². The van der Waals surface area contributed by atoms with Gasteiger partial charge in [-0.2, -0.15) is 0 Å². The zero-order valence-electron chi connectivity index (χ0n) is 10.0. The third-order valence-electron chi connectivity index (χ3n) is 3.41. The molecular weight excluding hydrogens is 262 g/mol. The Balaban J connectivity index is 1.69. The topological polar surface area (TPSA) is 18.5 Å². The lowest BCUT2D eigenvalue weighted by Gasteiger charge is -2.34. The predicted octanol–water partition coefficient (Wildman–Crippen LogP) is 4.19. The molecule has 0 amide bonds. The first-order valence-electron chi connectivity index (χ1n) is 6.25. The first-order chi connectivity index (χ1) is 8.90. The molecule has 0 saturated heterocycles. The van der Waals surface area contributed by atoms with E-state index in [2.05, 4.69) is 36.4 Å². The Hall–Kier alpha value is -0.520. The molecule has 3 aliphatic rings.